The minimum atomic E-state index is -0.146. The first-order chi connectivity index (χ1) is 11.0. The SMILES string of the molecule is CC(C)c1c(-c2ccc3c(c2)CC(=O)N3)nc2nc[nH]n2c1=O. The number of hydrogen-bond acceptors (Lipinski definition) is 4. The number of nitrogens with zero attached hydrogens (tertiary/aromatic N) is 3. The molecule has 7 nitrogen and oxygen atoms in total. The number of benzene rings is 1. The van der Waals surface area contributed by atoms with Crippen LogP contribution < -0.4 is 10.9 Å². The van der Waals surface area contributed by atoms with E-state index in [-0.39, 0.29) is 17.4 Å². The summed E-state index contributed by atoms with van der Waals surface area (Å²) < 4.78 is 1.34. The molecule has 0 atom stereocenters. The molecule has 0 fully saturated rings. The number of carbonyl (C=O) groups excluding carboxylic acids is 1. The van der Waals surface area contributed by atoms with Crippen molar-refractivity contribution in [3.05, 3.63) is 46.0 Å². The Balaban J connectivity index is 1.98. The largest absolute Gasteiger partial charge is 0.326 e. The smallest absolute Gasteiger partial charge is 0.278 e. The molecule has 1 aliphatic heterocycles. The highest BCUT2D eigenvalue weighted by Gasteiger charge is 2.22. The number of carbonyl (C=O) groups is 1. The lowest BCUT2D eigenvalue weighted by atomic mass is 9.97. The zero-order valence-corrected chi connectivity index (χ0v) is 12.8. The van der Waals surface area contributed by atoms with E-state index in [9.17, 15) is 9.59 Å². The van der Waals surface area contributed by atoms with Crippen LogP contribution in [0.4, 0.5) is 5.69 Å². The lowest BCUT2D eigenvalue weighted by molar-refractivity contribution is -0.115. The van der Waals surface area contributed by atoms with Crippen LogP contribution in [-0.4, -0.2) is 25.5 Å². The molecule has 2 N–H and O–H groups in total. The quantitative estimate of drug-likeness (QED) is 0.753. The van der Waals surface area contributed by atoms with Gasteiger partial charge in [0.15, 0.2) is 0 Å². The standard InChI is InChI=1S/C16H15N5O2/c1-8(2)13-14(20-16-17-7-18-21(16)15(13)23)9-3-4-11-10(5-9)6-12(22)19-11/h3-5,7-8H,6H2,1-2H3,(H,19,22)(H,17,18,20). The van der Waals surface area contributed by atoms with Crippen molar-refractivity contribution < 1.29 is 4.79 Å². The molecule has 0 saturated carbocycles. The van der Waals surface area contributed by atoms with Gasteiger partial charge in [0.2, 0.25) is 5.91 Å². The summed E-state index contributed by atoms with van der Waals surface area (Å²) in [7, 11) is 0. The molecule has 116 valence electrons. The summed E-state index contributed by atoms with van der Waals surface area (Å²) >= 11 is 0. The Kier molecular flexibility index (Phi) is 2.84. The van der Waals surface area contributed by atoms with Crippen molar-refractivity contribution in [1.82, 2.24) is 19.6 Å². The van der Waals surface area contributed by atoms with E-state index in [2.05, 4.69) is 20.4 Å². The lowest BCUT2D eigenvalue weighted by Crippen LogP contribution is -2.22. The molecule has 0 radical (unpaired) electrons. The lowest BCUT2D eigenvalue weighted by Gasteiger charge is -2.12. The molecule has 0 saturated heterocycles. The number of anilines is 1. The Morgan fingerprint density at radius 1 is 1.26 bits per heavy atom. The predicted molar refractivity (Wildman–Crippen MR) is 85.5 cm³/mol. The molecule has 1 amide bonds. The van der Waals surface area contributed by atoms with Crippen LogP contribution in [0, 0.1) is 0 Å². The van der Waals surface area contributed by atoms with Crippen LogP contribution in [-0.2, 0) is 11.2 Å². The summed E-state index contributed by atoms with van der Waals surface area (Å²) in [6.45, 7) is 3.92. The Bertz CT molecular complexity index is 999. The number of aromatic nitrogens is 4. The van der Waals surface area contributed by atoms with Crippen molar-refractivity contribution in [3.63, 3.8) is 0 Å². The molecule has 23 heavy (non-hydrogen) atoms. The number of H-pyrrole nitrogens is 1. The highest BCUT2D eigenvalue weighted by Crippen LogP contribution is 2.31. The fourth-order valence-electron chi connectivity index (χ4n) is 2.99. The van der Waals surface area contributed by atoms with E-state index in [1.165, 1.54) is 10.8 Å². The highest BCUT2D eigenvalue weighted by molar-refractivity contribution is 5.99. The molecule has 3 aromatic rings. The minimum absolute atomic E-state index is 0.0122. The summed E-state index contributed by atoms with van der Waals surface area (Å²) in [6.07, 6.45) is 1.80. The Morgan fingerprint density at radius 2 is 2.09 bits per heavy atom. The Morgan fingerprint density at radius 3 is 2.87 bits per heavy atom. The maximum Gasteiger partial charge on any atom is 0.278 e. The first kappa shape index (κ1) is 13.7. The predicted octanol–water partition coefficient (Wildman–Crippen LogP) is 1.70. The van der Waals surface area contributed by atoms with Crippen molar-refractivity contribution in [3.8, 4) is 11.3 Å². The van der Waals surface area contributed by atoms with Crippen molar-refractivity contribution >= 4 is 17.4 Å². The molecule has 7 heteroatoms. The number of rotatable bonds is 2. The zero-order chi connectivity index (χ0) is 16.1. The van der Waals surface area contributed by atoms with E-state index < -0.39 is 0 Å². The number of nitrogens with one attached hydrogen (secondary N) is 2. The zero-order valence-electron chi connectivity index (χ0n) is 12.8. The second-order valence-electron chi connectivity index (χ2n) is 5.95. The van der Waals surface area contributed by atoms with E-state index in [1.54, 1.807) is 0 Å². The monoisotopic (exact) mass is 309 g/mol. The topological polar surface area (TPSA) is 92.2 Å². The van der Waals surface area contributed by atoms with Gasteiger partial charge in [0.1, 0.15) is 6.33 Å². The molecule has 3 heterocycles. The average molecular weight is 309 g/mol. The van der Waals surface area contributed by atoms with Crippen molar-refractivity contribution in [2.75, 3.05) is 5.32 Å². The van der Waals surface area contributed by atoms with Gasteiger partial charge in [-0.3, -0.25) is 14.7 Å². The van der Waals surface area contributed by atoms with Crippen molar-refractivity contribution in [2.45, 2.75) is 26.2 Å². The van der Waals surface area contributed by atoms with Gasteiger partial charge in [0.25, 0.3) is 11.3 Å². The van der Waals surface area contributed by atoms with E-state index >= 15 is 0 Å². The molecule has 2 aromatic heterocycles. The average Bonchev–Trinajstić information content (AvgIpc) is 3.10. The molecular formula is C16H15N5O2. The molecule has 0 aliphatic carbocycles. The second kappa shape index (κ2) is 4.77. The third-order valence-corrected chi connectivity index (χ3v) is 4.05. The summed E-state index contributed by atoms with van der Waals surface area (Å²) in [4.78, 5) is 32.8. The molecule has 1 aromatic carbocycles. The van der Waals surface area contributed by atoms with Gasteiger partial charge in [-0.1, -0.05) is 19.9 Å². The van der Waals surface area contributed by atoms with Crippen LogP contribution in [0.25, 0.3) is 17.0 Å². The van der Waals surface area contributed by atoms with Crippen LogP contribution in [0.5, 0.6) is 0 Å². The molecular weight excluding hydrogens is 294 g/mol. The van der Waals surface area contributed by atoms with Crippen LogP contribution in [0.15, 0.2) is 29.3 Å². The summed E-state index contributed by atoms with van der Waals surface area (Å²) in [6, 6.07) is 5.65. The van der Waals surface area contributed by atoms with Gasteiger partial charge in [0.05, 0.1) is 12.1 Å². The first-order valence-corrected chi connectivity index (χ1v) is 7.44. The van der Waals surface area contributed by atoms with Gasteiger partial charge in [-0.25, -0.2) is 9.97 Å². The van der Waals surface area contributed by atoms with Gasteiger partial charge in [0, 0.05) is 16.8 Å². The first-order valence-electron chi connectivity index (χ1n) is 7.44. The molecule has 0 unspecified atom stereocenters. The van der Waals surface area contributed by atoms with Gasteiger partial charge < -0.3 is 5.32 Å². The normalized spacial score (nSPS) is 13.6. The highest BCUT2D eigenvalue weighted by atomic mass is 16.2. The van der Waals surface area contributed by atoms with E-state index in [1.807, 2.05) is 32.0 Å². The molecule has 4 rings (SSSR count). The molecule has 0 spiro atoms. The summed E-state index contributed by atoms with van der Waals surface area (Å²) in [5, 5.41) is 5.59. The second-order valence-corrected chi connectivity index (χ2v) is 5.95. The van der Waals surface area contributed by atoms with Crippen molar-refractivity contribution in [2.24, 2.45) is 0 Å². The summed E-state index contributed by atoms with van der Waals surface area (Å²) in [5.74, 6) is 0.333. The fourth-order valence-corrected chi connectivity index (χ4v) is 2.99. The van der Waals surface area contributed by atoms with Crippen LogP contribution >= 0.6 is 0 Å². The van der Waals surface area contributed by atoms with Gasteiger partial charge in [-0.2, -0.15) is 4.52 Å². The Hall–Kier alpha value is -2.96. The van der Waals surface area contributed by atoms with Gasteiger partial charge in [-0.15, -0.1) is 0 Å². The van der Waals surface area contributed by atoms with Crippen LogP contribution in [0.2, 0.25) is 0 Å². The third-order valence-electron chi connectivity index (χ3n) is 4.05. The van der Waals surface area contributed by atoms with Crippen molar-refractivity contribution in [1.29, 1.82) is 0 Å². The van der Waals surface area contributed by atoms with Crippen LogP contribution in [0.3, 0.4) is 0 Å². The van der Waals surface area contributed by atoms with Crippen LogP contribution in [0.1, 0.15) is 30.9 Å². The number of aromatic amines is 1. The van der Waals surface area contributed by atoms with E-state index in [0.29, 0.717) is 23.5 Å². The number of amides is 1. The fraction of sp³-hybridized carbons (Fsp3) is 0.250. The van der Waals surface area contributed by atoms with E-state index in [4.69, 9.17) is 0 Å². The maximum atomic E-state index is 12.7. The summed E-state index contributed by atoms with van der Waals surface area (Å²) in [5.41, 5.74) is 3.68. The van der Waals surface area contributed by atoms with Gasteiger partial charge >= 0.3 is 0 Å². The molecule has 0 bridgehead atoms. The maximum absolute atomic E-state index is 12.7. The number of hydrogen-bond donors (Lipinski definition) is 2. The third kappa shape index (κ3) is 2.04. The minimum Gasteiger partial charge on any atom is -0.326 e. The van der Waals surface area contributed by atoms with E-state index in [0.717, 1.165) is 16.8 Å². The molecule has 1 aliphatic rings. The van der Waals surface area contributed by atoms with Gasteiger partial charge in [-0.05, 0) is 23.6 Å². The number of fused-ring (bicyclic) bond motifs is 2. The Labute approximate surface area is 131 Å².